The topological polar surface area (TPSA) is 34.1 Å². The van der Waals surface area contributed by atoms with Gasteiger partial charge in [-0.15, -0.1) is 0 Å². The van der Waals surface area contributed by atoms with Crippen molar-refractivity contribution in [3.63, 3.8) is 0 Å². The molecule has 1 heterocycles. The van der Waals surface area contributed by atoms with Crippen molar-refractivity contribution < 1.29 is 4.74 Å². The van der Waals surface area contributed by atoms with Crippen LogP contribution in [0.3, 0.4) is 0 Å². The van der Waals surface area contributed by atoms with Gasteiger partial charge < -0.3 is 10.1 Å². The van der Waals surface area contributed by atoms with Gasteiger partial charge in [0.2, 0.25) is 0 Å². The molecule has 0 spiro atoms. The third kappa shape index (κ3) is 3.14. The highest BCUT2D eigenvalue weighted by molar-refractivity contribution is 6.08. The zero-order valence-corrected chi connectivity index (χ0v) is 15.2. The number of aromatic nitrogens is 1. The number of nitrogens with one attached hydrogen (secondary N) is 1. The van der Waals surface area contributed by atoms with Gasteiger partial charge in [-0.2, -0.15) is 0 Å². The summed E-state index contributed by atoms with van der Waals surface area (Å²) in [5, 5.41) is 5.79. The maximum absolute atomic E-state index is 5.89. The lowest BCUT2D eigenvalue weighted by Crippen LogP contribution is -1.95. The summed E-state index contributed by atoms with van der Waals surface area (Å²) in [7, 11) is 0. The molecule has 134 valence electrons. The van der Waals surface area contributed by atoms with E-state index in [1.165, 1.54) is 0 Å². The van der Waals surface area contributed by atoms with Crippen LogP contribution in [-0.4, -0.2) is 4.98 Å². The van der Waals surface area contributed by atoms with Crippen molar-refractivity contribution in [2.75, 3.05) is 5.32 Å². The predicted molar refractivity (Wildman–Crippen MR) is 115 cm³/mol. The first-order chi connectivity index (χ1) is 13.9. The summed E-state index contributed by atoms with van der Waals surface area (Å²) in [6, 6.07) is 34.2. The lowest BCUT2D eigenvalue weighted by molar-refractivity contribution is 0.483. The Morgan fingerprint density at radius 1 is 0.536 bits per heavy atom. The highest BCUT2D eigenvalue weighted by Crippen LogP contribution is 2.33. The normalized spacial score (nSPS) is 10.9. The van der Waals surface area contributed by atoms with Gasteiger partial charge in [-0.05, 0) is 48.5 Å². The Balaban J connectivity index is 1.51. The van der Waals surface area contributed by atoms with E-state index in [0.717, 1.165) is 44.7 Å². The largest absolute Gasteiger partial charge is 0.457 e. The van der Waals surface area contributed by atoms with E-state index < -0.39 is 0 Å². The van der Waals surface area contributed by atoms with Crippen LogP contribution in [0.25, 0.3) is 21.8 Å². The van der Waals surface area contributed by atoms with E-state index in [1.54, 1.807) is 0 Å². The fourth-order valence-electron chi connectivity index (χ4n) is 3.35. The summed E-state index contributed by atoms with van der Waals surface area (Å²) in [5.41, 5.74) is 4.03. The highest BCUT2D eigenvalue weighted by Gasteiger charge is 2.09. The van der Waals surface area contributed by atoms with Gasteiger partial charge in [0, 0.05) is 16.5 Å². The van der Waals surface area contributed by atoms with Gasteiger partial charge in [0.1, 0.15) is 11.5 Å². The third-order valence-electron chi connectivity index (χ3n) is 4.69. The van der Waals surface area contributed by atoms with Crippen LogP contribution in [0.4, 0.5) is 11.4 Å². The summed E-state index contributed by atoms with van der Waals surface area (Å²) in [4.78, 5) is 4.78. The standard InChI is InChI=1S/C25H18N2O/c1-2-8-19(9-3-1)28-20-16-14-18(15-17-20)26-25-21-10-4-6-12-23(21)27-24-13-7-5-11-22(24)25/h1-17H,(H,26,27). The molecule has 28 heavy (non-hydrogen) atoms. The summed E-state index contributed by atoms with van der Waals surface area (Å²) < 4.78 is 5.89. The Morgan fingerprint density at radius 3 is 1.71 bits per heavy atom. The molecule has 0 unspecified atom stereocenters. The molecule has 4 aromatic carbocycles. The molecule has 5 aromatic rings. The monoisotopic (exact) mass is 362 g/mol. The molecule has 5 rings (SSSR count). The Kier molecular flexibility index (Phi) is 4.11. The van der Waals surface area contributed by atoms with Gasteiger partial charge in [0.15, 0.2) is 0 Å². The number of pyridine rings is 1. The van der Waals surface area contributed by atoms with Crippen molar-refractivity contribution in [3.8, 4) is 11.5 Å². The molecule has 3 nitrogen and oxygen atoms in total. The van der Waals surface area contributed by atoms with Crippen LogP contribution in [0, 0.1) is 0 Å². The third-order valence-corrected chi connectivity index (χ3v) is 4.69. The smallest absolute Gasteiger partial charge is 0.127 e. The Labute approximate surface area is 163 Å². The molecule has 0 saturated carbocycles. The van der Waals surface area contributed by atoms with E-state index in [4.69, 9.17) is 9.72 Å². The van der Waals surface area contributed by atoms with Crippen LogP contribution in [0.5, 0.6) is 11.5 Å². The molecule has 0 bridgehead atoms. The highest BCUT2D eigenvalue weighted by atomic mass is 16.5. The molecular formula is C25H18N2O. The SMILES string of the molecule is c1ccc(Oc2ccc(Nc3c4ccccc4nc4ccccc34)cc2)cc1. The van der Waals surface area contributed by atoms with Crippen molar-refractivity contribution >= 4 is 33.2 Å². The Bertz CT molecular complexity index is 1190. The van der Waals surface area contributed by atoms with E-state index in [2.05, 4.69) is 17.4 Å². The number of rotatable bonds is 4. The molecule has 0 atom stereocenters. The fourth-order valence-corrected chi connectivity index (χ4v) is 3.35. The number of benzene rings is 4. The minimum Gasteiger partial charge on any atom is -0.457 e. The van der Waals surface area contributed by atoms with E-state index in [0.29, 0.717) is 0 Å². The number of hydrogen-bond donors (Lipinski definition) is 1. The molecule has 0 aliphatic carbocycles. The quantitative estimate of drug-likeness (QED) is 0.352. The molecular weight excluding hydrogens is 344 g/mol. The van der Waals surface area contributed by atoms with Crippen molar-refractivity contribution in [3.05, 3.63) is 103 Å². The van der Waals surface area contributed by atoms with Crippen LogP contribution < -0.4 is 10.1 Å². The van der Waals surface area contributed by atoms with Gasteiger partial charge in [-0.1, -0.05) is 54.6 Å². The maximum Gasteiger partial charge on any atom is 0.127 e. The fraction of sp³-hybridized carbons (Fsp3) is 0. The molecule has 0 radical (unpaired) electrons. The molecule has 1 aromatic heterocycles. The van der Waals surface area contributed by atoms with Gasteiger partial charge in [-0.25, -0.2) is 4.98 Å². The summed E-state index contributed by atoms with van der Waals surface area (Å²) >= 11 is 0. The number of para-hydroxylation sites is 3. The van der Waals surface area contributed by atoms with Gasteiger partial charge in [-0.3, -0.25) is 0 Å². The zero-order valence-electron chi connectivity index (χ0n) is 15.2. The molecule has 1 N–H and O–H groups in total. The number of hydrogen-bond acceptors (Lipinski definition) is 3. The van der Waals surface area contributed by atoms with E-state index in [9.17, 15) is 0 Å². The predicted octanol–water partition coefficient (Wildman–Crippen LogP) is 6.92. The number of ether oxygens (including phenoxy) is 1. The van der Waals surface area contributed by atoms with Gasteiger partial charge >= 0.3 is 0 Å². The van der Waals surface area contributed by atoms with Crippen molar-refractivity contribution in [2.24, 2.45) is 0 Å². The molecule has 0 aliphatic rings. The summed E-state index contributed by atoms with van der Waals surface area (Å²) in [6.07, 6.45) is 0. The second-order valence-electron chi connectivity index (χ2n) is 6.59. The number of fused-ring (bicyclic) bond motifs is 2. The van der Waals surface area contributed by atoms with Crippen LogP contribution in [0.1, 0.15) is 0 Å². The molecule has 0 aliphatic heterocycles. The minimum absolute atomic E-state index is 0.807. The van der Waals surface area contributed by atoms with Crippen molar-refractivity contribution in [2.45, 2.75) is 0 Å². The average molecular weight is 362 g/mol. The molecule has 3 heteroatoms. The van der Waals surface area contributed by atoms with Crippen molar-refractivity contribution in [1.29, 1.82) is 0 Å². The number of anilines is 2. The summed E-state index contributed by atoms with van der Waals surface area (Å²) in [6.45, 7) is 0. The van der Waals surface area contributed by atoms with Gasteiger partial charge in [0.25, 0.3) is 0 Å². The van der Waals surface area contributed by atoms with E-state index >= 15 is 0 Å². The zero-order chi connectivity index (χ0) is 18.8. The van der Waals surface area contributed by atoms with Gasteiger partial charge in [0.05, 0.1) is 16.7 Å². The first-order valence-electron chi connectivity index (χ1n) is 9.24. The first kappa shape index (κ1) is 16.3. The summed E-state index contributed by atoms with van der Waals surface area (Å²) in [5.74, 6) is 1.63. The molecule has 0 saturated heterocycles. The number of nitrogens with zero attached hydrogens (tertiary/aromatic N) is 1. The lowest BCUT2D eigenvalue weighted by atomic mass is 10.1. The maximum atomic E-state index is 5.89. The Hall–Kier alpha value is -3.85. The van der Waals surface area contributed by atoms with Crippen LogP contribution in [0.15, 0.2) is 103 Å². The first-order valence-corrected chi connectivity index (χ1v) is 9.24. The average Bonchev–Trinajstić information content (AvgIpc) is 2.75. The second-order valence-corrected chi connectivity index (χ2v) is 6.59. The van der Waals surface area contributed by atoms with E-state index in [1.807, 2.05) is 91.0 Å². The molecule has 0 amide bonds. The minimum atomic E-state index is 0.807. The lowest BCUT2D eigenvalue weighted by Gasteiger charge is -2.14. The van der Waals surface area contributed by atoms with Crippen LogP contribution in [-0.2, 0) is 0 Å². The molecule has 0 fully saturated rings. The van der Waals surface area contributed by atoms with Crippen LogP contribution >= 0.6 is 0 Å². The van der Waals surface area contributed by atoms with Crippen LogP contribution in [0.2, 0.25) is 0 Å². The van der Waals surface area contributed by atoms with Crippen molar-refractivity contribution in [1.82, 2.24) is 4.98 Å². The second kappa shape index (κ2) is 7.05. The van der Waals surface area contributed by atoms with E-state index in [-0.39, 0.29) is 0 Å². The Morgan fingerprint density at radius 2 is 1.07 bits per heavy atom.